The molecule has 0 amide bonds. The van der Waals surface area contributed by atoms with Crippen molar-refractivity contribution in [3.63, 3.8) is 0 Å². The van der Waals surface area contributed by atoms with Crippen LogP contribution in [-0.2, 0) is 15.9 Å². The first kappa shape index (κ1) is 15.3. The zero-order chi connectivity index (χ0) is 14.9. The van der Waals surface area contributed by atoms with E-state index in [2.05, 4.69) is 0 Å². The summed E-state index contributed by atoms with van der Waals surface area (Å²) in [6.07, 6.45) is 0. The molecule has 0 fully saturated rings. The summed E-state index contributed by atoms with van der Waals surface area (Å²) in [4.78, 5) is 0.798. The van der Waals surface area contributed by atoms with Crippen LogP contribution in [0.4, 0.5) is 10.1 Å². The highest BCUT2D eigenvalue weighted by Crippen LogP contribution is 2.31. The van der Waals surface area contributed by atoms with Gasteiger partial charge in [-0.2, -0.15) is 0 Å². The van der Waals surface area contributed by atoms with E-state index in [1.54, 1.807) is 19.1 Å². The van der Waals surface area contributed by atoms with E-state index < -0.39 is 15.8 Å². The molecule has 0 N–H and O–H groups in total. The van der Waals surface area contributed by atoms with Crippen molar-refractivity contribution < 1.29 is 12.8 Å². The fraction of sp³-hybridized carbons (Fsp3) is 0.231. The molecule has 1 aromatic heterocycles. The molecule has 0 atom stereocenters. The summed E-state index contributed by atoms with van der Waals surface area (Å²) >= 11 is 6.87. The lowest BCUT2D eigenvalue weighted by Gasteiger charge is -2.18. The van der Waals surface area contributed by atoms with Gasteiger partial charge in [-0.15, -0.1) is 22.9 Å². The van der Waals surface area contributed by atoms with E-state index in [1.807, 2.05) is 0 Å². The van der Waals surface area contributed by atoms with E-state index in [4.69, 9.17) is 11.6 Å². The van der Waals surface area contributed by atoms with Crippen molar-refractivity contribution in [1.82, 2.24) is 0 Å². The van der Waals surface area contributed by atoms with Crippen molar-refractivity contribution in [1.29, 1.82) is 0 Å². The summed E-state index contributed by atoms with van der Waals surface area (Å²) in [6, 6.07) is 7.32. The Hall–Kier alpha value is -1.11. The fourth-order valence-electron chi connectivity index (χ4n) is 1.72. The predicted octanol–water partition coefficient (Wildman–Crippen LogP) is 3.76. The lowest BCUT2D eigenvalue weighted by molar-refractivity contribution is 0.591. The molecule has 2 aromatic rings. The van der Waals surface area contributed by atoms with Gasteiger partial charge in [0.2, 0.25) is 0 Å². The zero-order valence-electron chi connectivity index (χ0n) is 10.9. The molecule has 0 aliphatic rings. The molecule has 20 heavy (non-hydrogen) atoms. The topological polar surface area (TPSA) is 37.4 Å². The van der Waals surface area contributed by atoms with Gasteiger partial charge in [-0.1, -0.05) is 12.1 Å². The summed E-state index contributed by atoms with van der Waals surface area (Å²) in [6.45, 7) is 1.80. The van der Waals surface area contributed by atoms with Crippen molar-refractivity contribution in [3.8, 4) is 0 Å². The van der Waals surface area contributed by atoms with Gasteiger partial charge in [-0.3, -0.25) is 4.31 Å². The van der Waals surface area contributed by atoms with Crippen molar-refractivity contribution in [3.05, 3.63) is 46.6 Å². The monoisotopic (exact) mass is 333 g/mol. The Bertz CT molecular complexity index is 728. The van der Waals surface area contributed by atoms with Gasteiger partial charge in [-0.25, -0.2) is 12.8 Å². The van der Waals surface area contributed by atoms with Crippen molar-refractivity contribution >= 4 is 38.6 Å². The largest absolute Gasteiger partial charge is 0.273 e. The van der Waals surface area contributed by atoms with E-state index in [1.165, 1.54) is 25.2 Å². The highest BCUT2D eigenvalue weighted by atomic mass is 35.5. The minimum Gasteiger partial charge on any atom is -0.266 e. The van der Waals surface area contributed by atoms with Gasteiger partial charge in [0.1, 0.15) is 10.0 Å². The van der Waals surface area contributed by atoms with Crippen LogP contribution in [-0.4, -0.2) is 15.5 Å². The second-order valence-electron chi connectivity index (χ2n) is 4.23. The molecule has 1 aromatic carbocycles. The first-order chi connectivity index (χ1) is 9.37. The standard InChI is InChI=1S/C13H13ClFNO2S2/c1-9-7-13(19-12(9)8-14)20(17,18)16(2)11-6-4-3-5-10(11)15/h3-7H,8H2,1-2H3. The molecule has 0 bridgehead atoms. The Morgan fingerprint density at radius 1 is 1.35 bits per heavy atom. The maximum Gasteiger partial charge on any atom is 0.273 e. The number of halogens is 2. The van der Waals surface area contributed by atoms with Gasteiger partial charge in [0.25, 0.3) is 10.0 Å². The Labute approximate surface area is 126 Å². The third kappa shape index (κ3) is 2.68. The van der Waals surface area contributed by atoms with Crippen molar-refractivity contribution in [2.45, 2.75) is 17.0 Å². The zero-order valence-corrected chi connectivity index (χ0v) is 13.3. The minimum atomic E-state index is -3.77. The molecule has 0 aliphatic heterocycles. The van der Waals surface area contributed by atoms with E-state index in [9.17, 15) is 12.8 Å². The molecule has 0 saturated carbocycles. The Morgan fingerprint density at radius 2 is 2.00 bits per heavy atom. The number of anilines is 1. The number of aryl methyl sites for hydroxylation is 1. The molecular formula is C13H13ClFNO2S2. The number of para-hydroxylation sites is 1. The van der Waals surface area contributed by atoms with E-state index in [0.717, 1.165) is 26.1 Å². The molecule has 1 heterocycles. The summed E-state index contributed by atoms with van der Waals surface area (Å²) in [5, 5.41) is 0. The Kier molecular flexibility index (Phi) is 4.36. The van der Waals surface area contributed by atoms with Crippen LogP contribution in [0.15, 0.2) is 34.5 Å². The molecule has 0 radical (unpaired) electrons. The van der Waals surface area contributed by atoms with Crippen LogP contribution in [0.25, 0.3) is 0 Å². The highest BCUT2D eigenvalue weighted by molar-refractivity contribution is 7.94. The third-order valence-electron chi connectivity index (χ3n) is 2.93. The van der Waals surface area contributed by atoms with Gasteiger partial charge in [0, 0.05) is 11.9 Å². The molecular weight excluding hydrogens is 321 g/mol. The van der Waals surface area contributed by atoms with Crippen LogP contribution in [0.3, 0.4) is 0 Å². The van der Waals surface area contributed by atoms with Gasteiger partial charge >= 0.3 is 0 Å². The number of hydrogen-bond acceptors (Lipinski definition) is 3. The number of hydrogen-bond donors (Lipinski definition) is 0. The van der Waals surface area contributed by atoms with E-state index in [-0.39, 0.29) is 15.8 Å². The smallest absolute Gasteiger partial charge is 0.266 e. The molecule has 0 unspecified atom stereocenters. The number of sulfonamides is 1. The number of benzene rings is 1. The molecule has 0 aliphatic carbocycles. The van der Waals surface area contributed by atoms with Crippen LogP contribution >= 0.6 is 22.9 Å². The second kappa shape index (κ2) is 5.71. The minimum absolute atomic E-state index is 0.0194. The quantitative estimate of drug-likeness (QED) is 0.799. The maximum absolute atomic E-state index is 13.7. The highest BCUT2D eigenvalue weighted by Gasteiger charge is 2.26. The van der Waals surface area contributed by atoms with Crippen molar-refractivity contribution in [2.24, 2.45) is 0 Å². The normalized spacial score (nSPS) is 11.6. The molecule has 7 heteroatoms. The lowest BCUT2D eigenvalue weighted by atomic mass is 10.3. The van der Waals surface area contributed by atoms with Crippen LogP contribution in [0.5, 0.6) is 0 Å². The van der Waals surface area contributed by atoms with Gasteiger partial charge in [0.05, 0.1) is 11.6 Å². The summed E-state index contributed by atoms with van der Waals surface area (Å²) < 4.78 is 39.8. The summed E-state index contributed by atoms with van der Waals surface area (Å²) in [5.41, 5.74) is 0.844. The van der Waals surface area contributed by atoms with Crippen LogP contribution in [0.2, 0.25) is 0 Å². The van der Waals surface area contributed by atoms with Crippen LogP contribution < -0.4 is 4.31 Å². The summed E-state index contributed by atoms with van der Waals surface area (Å²) in [5.74, 6) is -0.320. The van der Waals surface area contributed by atoms with E-state index >= 15 is 0 Å². The predicted molar refractivity (Wildman–Crippen MR) is 80.6 cm³/mol. The lowest BCUT2D eigenvalue weighted by Crippen LogP contribution is -2.26. The maximum atomic E-state index is 13.7. The number of alkyl halides is 1. The number of rotatable bonds is 4. The molecule has 0 spiro atoms. The Balaban J connectivity index is 2.47. The van der Waals surface area contributed by atoms with Crippen molar-refractivity contribution in [2.75, 3.05) is 11.4 Å². The first-order valence-corrected chi connectivity index (χ1v) is 8.55. The molecule has 0 saturated heterocycles. The average Bonchev–Trinajstić information content (AvgIpc) is 2.80. The second-order valence-corrected chi connectivity index (χ2v) is 7.83. The fourth-order valence-corrected chi connectivity index (χ4v) is 4.91. The molecule has 2 rings (SSSR count). The van der Waals surface area contributed by atoms with Crippen LogP contribution in [0, 0.1) is 12.7 Å². The number of thiophene rings is 1. The van der Waals surface area contributed by atoms with Gasteiger partial charge in [0.15, 0.2) is 0 Å². The average molecular weight is 334 g/mol. The first-order valence-electron chi connectivity index (χ1n) is 5.76. The SMILES string of the molecule is Cc1cc(S(=O)(=O)N(C)c2ccccc2F)sc1CCl. The Morgan fingerprint density at radius 3 is 2.55 bits per heavy atom. The summed E-state index contributed by atoms with van der Waals surface area (Å²) in [7, 11) is -2.44. The van der Waals surface area contributed by atoms with Gasteiger partial charge in [-0.05, 0) is 30.7 Å². The molecule has 3 nitrogen and oxygen atoms in total. The van der Waals surface area contributed by atoms with Gasteiger partial charge < -0.3 is 0 Å². The molecule has 108 valence electrons. The number of nitrogens with zero attached hydrogens (tertiary/aromatic N) is 1. The van der Waals surface area contributed by atoms with Crippen LogP contribution in [0.1, 0.15) is 10.4 Å². The third-order valence-corrected chi connectivity index (χ3v) is 6.81. The van der Waals surface area contributed by atoms with E-state index in [0.29, 0.717) is 0 Å².